The van der Waals surface area contributed by atoms with Crippen LogP contribution in [0, 0.1) is 13.8 Å². The zero-order valence-electron chi connectivity index (χ0n) is 15.8. The van der Waals surface area contributed by atoms with Gasteiger partial charge in [0, 0.05) is 24.3 Å². The first-order chi connectivity index (χ1) is 12.8. The van der Waals surface area contributed by atoms with Crippen molar-refractivity contribution in [3.05, 3.63) is 47.4 Å². The Morgan fingerprint density at radius 1 is 1.22 bits per heavy atom. The number of nitrogens with one attached hydrogen (secondary N) is 1. The van der Waals surface area contributed by atoms with Crippen molar-refractivity contribution in [1.82, 2.24) is 14.9 Å². The molecule has 1 atom stereocenters. The highest BCUT2D eigenvalue weighted by Gasteiger charge is 2.34. The number of rotatable bonds is 5. The van der Waals surface area contributed by atoms with Gasteiger partial charge in [0.15, 0.2) is 9.84 Å². The third-order valence-corrected chi connectivity index (χ3v) is 6.38. The second kappa shape index (κ2) is 7.64. The molecule has 27 heavy (non-hydrogen) atoms. The molecule has 0 radical (unpaired) electrons. The van der Waals surface area contributed by atoms with E-state index in [1.165, 1.54) is 0 Å². The third kappa shape index (κ3) is 4.63. The molecule has 0 spiro atoms. The number of carbonyl (C=O) groups excluding carboxylic acids is 1. The van der Waals surface area contributed by atoms with Crippen LogP contribution in [0.4, 0.5) is 11.5 Å². The van der Waals surface area contributed by atoms with E-state index in [-0.39, 0.29) is 29.1 Å². The van der Waals surface area contributed by atoms with Gasteiger partial charge >= 0.3 is 0 Å². The third-order valence-electron chi connectivity index (χ3n) is 4.63. The van der Waals surface area contributed by atoms with Crippen LogP contribution in [0.1, 0.15) is 35.2 Å². The van der Waals surface area contributed by atoms with Crippen molar-refractivity contribution in [2.24, 2.45) is 0 Å². The summed E-state index contributed by atoms with van der Waals surface area (Å²) in [5, 5.41) is 3.19. The van der Waals surface area contributed by atoms with Crippen LogP contribution in [0.15, 0.2) is 30.3 Å². The van der Waals surface area contributed by atoms with Crippen LogP contribution < -0.4 is 5.32 Å². The first-order valence-corrected chi connectivity index (χ1v) is 10.8. The van der Waals surface area contributed by atoms with Gasteiger partial charge in [-0.1, -0.05) is 17.7 Å². The standard InChI is InChI=1S/C19H24N4O3S/c1-4-23(16-9-10-27(25,26)12-16)19(24)17-11-18(21-14(3)20-17)22-15-7-5-13(2)6-8-15/h5-8,11,16H,4,9-10,12H2,1-3H3,(H,20,21,22). The van der Waals surface area contributed by atoms with E-state index in [1.807, 2.05) is 38.1 Å². The summed E-state index contributed by atoms with van der Waals surface area (Å²) in [5.74, 6) is 0.891. The lowest BCUT2D eigenvalue weighted by molar-refractivity contribution is 0.0702. The first-order valence-electron chi connectivity index (χ1n) is 8.98. The number of benzene rings is 1. The summed E-state index contributed by atoms with van der Waals surface area (Å²) in [6.45, 7) is 6.02. The van der Waals surface area contributed by atoms with Crippen molar-refractivity contribution in [2.45, 2.75) is 33.2 Å². The van der Waals surface area contributed by atoms with Gasteiger partial charge < -0.3 is 10.2 Å². The van der Waals surface area contributed by atoms with Gasteiger partial charge in [-0.15, -0.1) is 0 Å². The van der Waals surface area contributed by atoms with Gasteiger partial charge in [0.05, 0.1) is 11.5 Å². The molecule has 1 aliphatic rings. The average Bonchev–Trinajstić information content (AvgIpc) is 2.96. The molecule has 1 fully saturated rings. The van der Waals surface area contributed by atoms with Gasteiger partial charge in [0.25, 0.3) is 5.91 Å². The van der Waals surface area contributed by atoms with Crippen molar-refractivity contribution in [2.75, 3.05) is 23.4 Å². The van der Waals surface area contributed by atoms with Crippen molar-refractivity contribution in [3.63, 3.8) is 0 Å². The van der Waals surface area contributed by atoms with Gasteiger partial charge in [-0.3, -0.25) is 4.79 Å². The van der Waals surface area contributed by atoms with E-state index in [1.54, 1.807) is 17.9 Å². The smallest absolute Gasteiger partial charge is 0.272 e. The quantitative estimate of drug-likeness (QED) is 0.846. The van der Waals surface area contributed by atoms with E-state index in [0.717, 1.165) is 11.3 Å². The molecule has 3 rings (SSSR count). The highest BCUT2D eigenvalue weighted by Crippen LogP contribution is 2.21. The van der Waals surface area contributed by atoms with Gasteiger partial charge in [-0.05, 0) is 39.3 Å². The average molecular weight is 388 g/mol. The van der Waals surface area contributed by atoms with Crippen LogP contribution in [0.25, 0.3) is 0 Å². The molecule has 7 nitrogen and oxygen atoms in total. The van der Waals surface area contributed by atoms with Crippen LogP contribution in [-0.4, -0.2) is 53.3 Å². The first kappa shape index (κ1) is 19.3. The Labute approximate surface area is 159 Å². The predicted octanol–water partition coefficient (Wildman–Crippen LogP) is 2.49. The molecule has 1 aromatic carbocycles. The molecule has 1 amide bonds. The molecule has 1 N–H and O–H groups in total. The highest BCUT2D eigenvalue weighted by molar-refractivity contribution is 7.91. The molecular formula is C19H24N4O3S. The lowest BCUT2D eigenvalue weighted by atomic mass is 10.2. The number of aromatic nitrogens is 2. The molecule has 144 valence electrons. The van der Waals surface area contributed by atoms with Gasteiger partial charge in [-0.25, -0.2) is 18.4 Å². The minimum atomic E-state index is -3.07. The zero-order valence-corrected chi connectivity index (χ0v) is 16.6. The lowest BCUT2D eigenvalue weighted by Crippen LogP contribution is -2.41. The Bertz CT molecular complexity index is 942. The molecule has 0 aliphatic carbocycles. The molecule has 0 saturated carbocycles. The number of aryl methyl sites for hydroxylation is 2. The minimum Gasteiger partial charge on any atom is -0.340 e. The zero-order chi connectivity index (χ0) is 19.6. The maximum Gasteiger partial charge on any atom is 0.272 e. The fourth-order valence-corrected chi connectivity index (χ4v) is 4.99. The monoisotopic (exact) mass is 388 g/mol. The van der Waals surface area contributed by atoms with E-state index in [2.05, 4.69) is 15.3 Å². The molecule has 2 aromatic rings. The number of carbonyl (C=O) groups is 1. The van der Waals surface area contributed by atoms with Crippen LogP contribution in [0.3, 0.4) is 0 Å². The lowest BCUT2D eigenvalue weighted by Gasteiger charge is -2.26. The molecule has 0 bridgehead atoms. The van der Waals surface area contributed by atoms with Crippen molar-refractivity contribution in [1.29, 1.82) is 0 Å². The largest absolute Gasteiger partial charge is 0.340 e. The van der Waals surface area contributed by atoms with E-state index in [4.69, 9.17) is 0 Å². The predicted molar refractivity (Wildman–Crippen MR) is 105 cm³/mol. The number of hydrogen-bond donors (Lipinski definition) is 1. The summed E-state index contributed by atoms with van der Waals surface area (Å²) < 4.78 is 23.6. The fourth-order valence-electron chi connectivity index (χ4n) is 3.26. The van der Waals surface area contributed by atoms with Gasteiger partial charge in [0.1, 0.15) is 17.3 Å². The number of hydrogen-bond acceptors (Lipinski definition) is 6. The second-order valence-electron chi connectivity index (χ2n) is 6.82. The van der Waals surface area contributed by atoms with Gasteiger partial charge in [0.2, 0.25) is 0 Å². The maximum atomic E-state index is 13.0. The van der Waals surface area contributed by atoms with Crippen LogP contribution in [0.2, 0.25) is 0 Å². The van der Waals surface area contributed by atoms with E-state index in [9.17, 15) is 13.2 Å². The molecule has 1 saturated heterocycles. The van der Waals surface area contributed by atoms with Crippen LogP contribution in [-0.2, 0) is 9.84 Å². The second-order valence-corrected chi connectivity index (χ2v) is 9.05. The Morgan fingerprint density at radius 2 is 1.93 bits per heavy atom. The molecule has 1 aromatic heterocycles. The number of nitrogens with zero attached hydrogens (tertiary/aromatic N) is 3. The van der Waals surface area contributed by atoms with Crippen LogP contribution in [0.5, 0.6) is 0 Å². The Balaban J connectivity index is 1.83. The molecular weight excluding hydrogens is 364 g/mol. The highest BCUT2D eigenvalue weighted by atomic mass is 32.2. The van der Waals surface area contributed by atoms with Gasteiger partial charge in [-0.2, -0.15) is 0 Å². The van der Waals surface area contributed by atoms with Crippen LogP contribution >= 0.6 is 0 Å². The summed E-state index contributed by atoms with van der Waals surface area (Å²) in [4.78, 5) is 23.2. The maximum absolute atomic E-state index is 13.0. The Kier molecular flexibility index (Phi) is 5.46. The summed E-state index contributed by atoms with van der Waals surface area (Å²) in [6.07, 6.45) is 0.473. The molecule has 1 unspecified atom stereocenters. The van der Waals surface area contributed by atoms with Crippen molar-refractivity contribution in [3.8, 4) is 0 Å². The minimum absolute atomic E-state index is 0.0190. The molecule has 2 heterocycles. The Hall–Kier alpha value is -2.48. The van der Waals surface area contributed by atoms with Crippen molar-refractivity contribution < 1.29 is 13.2 Å². The summed E-state index contributed by atoms with van der Waals surface area (Å²) in [6, 6.07) is 9.17. The van der Waals surface area contributed by atoms with E-state index in [0.29, 0.717) is 24.6 Å². The summed E-state index contributed by atoms with van der Waals surface area (Å²) in [5.41, 5.74) is 2.29. The van der Waals surface area contributed by atoms with E-state index >= 15 is 0 Å². The molecule has 8 heteroatoms. The number of sulfone groups is 1. The Morgan fingerprint density at radius 3 is 2.52 bits per heavy atom. The number of anilines is 2. The number of amides is 1. The molecule has 1 aliphatic heterocycles. The van der Waals surface area contributed by atoms with E-state index < -0.39 is 9.84 Å². The summed E-state index contributed by atoms with van der Waals surface area (Å²) in [7, 11) is -3.07. The summed E-state index contributed by atoms with van der Waals surface area (Å²) >= 11 is 0. The fraction of sp³-hybridized carbons (Fsp3) is 0.421. The van der Waals surface area contributed by atoms with Crippen molar-refractivity contribution >= 4 is 27.2 Å². The topological polar surface area (TPSA) is 92.3 Å². The normalized spacial score (nSPS) is 18.3. The SMILES string of the molecule is CCN(C(=O)c1cc(Nc2ccc(C)cc2)nc(C)n1)C1CCS(=O)(=O)C1.